The van der Waals surface area contributed by atoms with E-state index >= 15 is 0 Å². The molecular formula is C20H31N5O4. The first kappa shape index (κ1) is 22.5. The van der Waals surface area contributed by atoms with Crippen molar-refractivity contribution in [2.75, 3.05) is 57.1 Å². The first-order valence-electron chi connectivity index (χ1n) is 9.58. The lowest BCUT2D eigenvalue weighted by Crippen LogP contribution is -2.50. The normalized spacial score (nSPS) is 15.0. The Hall–Kier alpha value is -2.81. The van der Waals surface area contributed by atoms with E-state index < -0.39 is 11.5 Å². The maximum atomic E-state index is 12.3. The summed E-state index contributed by atoms with van der Waals surface area (Å²) in [6.07, 6.45) is 1.33. The van der Waals surface area contributed by atoms with Crippen molar-refractivity contribution in [1.29, 1.82) is 0 Å². The predicted octanol–water partition coefficient (Wildman–Crippen LogP) is 1.49. The number of rotatable bonds is 6. The lowest BCUT2D eigenvalue weighted by Gasteiger charge is -2.37. The Morgan fingerprint density at radius 2 is 1.86 bits per heavy atom. The minimum Gasteiger partial charge on any atom is -0.444 e. The molecule has 1 fully saturated rings. The zero-order valence-electron chi connectivity index (χ0n) is 17.6. The molecule has 4 N–H and O–H groups in total. The number of nitrogens with two attached hydrogens (primary N) is 2. The van der Waals surface area contributed by atoms with Gasteiger partial charge in [0.25, 0.3) is 5.91 Å². The zero-order chi connectivity index (χ0) is 21.6. The minimum atomic E-state index is -0.588. The number of hydrogen-bond donors (Lipinski definition) is 2. The Bertz CT molecular complexity index is 765. The van der Waals surface area contributed by atoms with Gasteiger partial charge in [-0.3, -0.25) is 9.79 Å². The number of carbonyl (C=O) groups is 2. The molecule has 9 nitrogen and oxygen atoms in total. The van der Waals surface area contributed by atoms with Crippen LogP contribution in [0.3, 0.4) is 0 Å². The molecule has 1 saturated heterocycles. The van der Waals surface area contributed by atoms with E-state index in [1.807, 2.05) is 26.8 Å². The Balaban J connectivity index is 2.19. The quantitative estimate of drug-likeness (QED) is 0.420. The fourth-order valence-corrected chi connectivity index (χ4v) is 3.01. The number of piperazine rings is 1. The third-order valence-electron chi connectivity index (χ3n) is 4.45. The van der Waals surface area contributed by atoms with Gasteiger partial charge in [0, 0.05) is 50.8 Å². The van der Waals surface area contributed by atoms with Crippen molar-refractivity contribution in [3.63, 3.8) is 0 Å². The van der Waals surface area contributed by atoms with Crippen LogP contribution in [0.5, 0.6) is 0 Å². The Morgan fingerprint density at radius 1 is 1.21 bits per heavy atom. The highest BCUT2D eigenvalue weighted by atomic mass is 16.6. The van der Waals surface area contributed by atoms with Crippen LogP contribution in [0.2, 0.25) is 0 Å². The third-order valence-corrected chi connectivity index (χ3v) is 4.45. The molecular weight excluding hydrogens is 374 g/mol. The van der Waals surface area contributed by atoms with Gasteiger partial charge in [-0.2, -0.15) is 0 Å². The molecule has 9 heteroatoms. The summed E-state index contributed by atoms with van der Waals surface area (Å²) in [5.74, 6) is -0.588. The molecule has 0 unspecified atom stereocenters. The van der Waals surface area contributed by atoms with Crippen LogP contribution in [0.1, 0.15) is 36.7 Å². The summed E-state index contributed by atoms with van der Waals surface area (Å²) < 4.78 is 10.5. The molecule has 1 aliphatic rings. The fraction of sp³-hybridized carbons (Fsp3) is 0.550. The number of nitrogen functional groups attached to an aromatic ring is 1. The molecule has 2 amide bonds. The number of anilines is 2. The van der Waals surface area contributed by atoms with Gasteiger partial charge >= 0.3 is 6.09 Å². The van der Waals surface area contributed by atoms with Crippen molar-refractivity contribution in [1.82, 2.24) is 4.90 Å². The average molecular weight is 405 g/mol. The number of hydrogen-bond acceptors (Lipinski definition) is 7. The molecule has 160 valence electrons. The molecule has 1 aromatic carbocycles. The number of carbonyl (C=O) groups excluding carboxylic acids is 2. The van der Waals surface area contributed by atoms with Gasteiger partial charge in [0.1, 0.15) is 5.60 Å². The number of amides is 2. The first-order valence-corrected chi connectivity index (χ1v) is 9.58. The third kappa shape index (κ3) is 6.08. The smallest absolute Gasteiger partial charge is 0.410 e. The van der Waals surface area contributed by atoms with E-state index in [1.165, 1.54) is 0 Å². The van der Waals surface area contributed by atoms with Gasteiger partial charge in [0.05, 0.1) is 24.4 Å². The molecule has 0 saturated carbocycles. The van der Waals surface area contributed by atoms with Crippen LogP contribution in [0.15, 0.2) is 17.1 Å². The van der Waals surface area contributed by atoms with Gasteiger partial charge in [0.2, 0.25) is 0 Å². The van der Waals surface area contributed by atoms with E-state index in [2.05, 4.69) is 9.89 Å². The van der Waals surface area contributed by atoms with Crippen LogP contribution in [0.25, 0.3) is 0 Å². The maximum Gasteiger partial charge on any atom is 0.410 e. The van der Waals surface area contributed by atoms with Crippen molar-refractivity contribution in [3.8, 4) is 0 Å². The van der Waals surface area contributed by atoms with Crippen molar-refractivity contribution >= 4 is 29.6 Å². The topological polar surface area (TPSA) is 123 Å². The highest BCUT2D eigenvalue weighted by Crippen LogP contribution is 2.29. The summed E-state index contributed by atoms with van der Waals surface area (Å²) in [4.78, 5) is 32.1. The zero-order valence-corrected chi connectivity index (χ0v) is 17.6. The Kier molecular flexibility index (Phi) is 7.44. The van der Waals surface area contributed by atoms with Crippen molar-refractivity contribution in [3.05, 3.63) is 23.3 Å². The molecule has 0 aliphatic carbocycles. The van der Waals surface area contributed by atoms with Crippen molar-refractivity contribution in [2.45, 2.75) is 26.4 Å². The maximum absolute atomic E-state index is 12.3. The van der Waals surface area contributed by atoms with Crippen LogP contribution in [-0.2, 0) is 9.47 Å². The van der Waals surface area contributed by atoms with E-state index in [9.17, 15) is 9.59 Å². The molecule has 0 radical (unpaired) electrons. The number of aliphatic imine (C=N–C) groups is 1. The van der Waals surface area contributed by atoms with Gasteiger partial charge in [0.15, 0.2) is 0 Å². The van der Waals surface area contributed by atoms with E-state index in [4.69, 9.17) is 20.9 Å². The highest BCUT2D eigenvalue weighted by Gasteiger charge is 2.27. The second-order valence-corrected chi connectivity index (χ2v) is 7.81. The summed E-state index contributed by atoms with van der Waals surface area (Å²) in [6, 6.07) is 3.44. The number of benzene rings is 1. The molecule has 0 aromatic heterocycles. The van der Waals surface area contributed by atoms with Crippen LogP contribution in [0, 0.1) is 0 Å². The van der Waals surface area contributed by atoms with Crippen LogP contribution < -0.4 is 16.4 Å². The standard InChI is InChI=1S/C20H31N5O4/c1-20(2,3)29-19(27)25-10-8-24(9-11-25)16-6-5-14(18(22)26)17(21)15(16)13-23-7-12-28-4/h5-6,13H,7-12,21H2,1-4H3,(H2,22,26). The first-order chi connectivity index (χ1) is 13.6. The molecule has 0 spiro atoms. The minimum absolute atomic E-state index is 0.259. The summed E-state index contributed by atoms with van der Waals surface area (Å²) in [6.45, 7) is 8.75. The van der Waals surface area contributed by atoms with E-state index in [-0.39, 0.29) is 11.7 Å². The van der Waals surface area contributed by atoms with E-state index in [1.54, 1.807) is 24.3 Å². The summed E-state index contributed by atoms with van der Waals surface area (Å²) >= 11 is 0. The monoisotopic (exact) mass is 405 g/mol. The van der Waals surface area contributed by atoms with Gasteiger partial charge in [-0.15, -0.1) is 0 Å². The Morgan fingerprint density at radius 3 is 2.41 bits per heavy atom. The fourth-order valence-electron chi connectivity index (χ4n) is 3.01. The van der Waals surface area contributed by atoms with E-state index in [0.717, 1.165) is 5.69 Å². The molecule has 1 aromatic rings. The average Bonchev–Trinajstić information content (AvgIpc) is 2.64. The van der Waals surface area contributed by atoms with Gasteiger partial charge in [-0.05, 0) is 32.9 Å². The van der Waals surface area contributed by atoms with E-state index in [0.29, 0.717) is 50.6 Å². The molecule has 0 bridgehead atoms. The van der Waals surface area contributed by atoms with Gasteiger partial charge < -0.3 is 30.7 Å². The number of ether oxygens (including phenoxy) is 2. The number of primary amides is 1. The SMILES string of the molecule is COCCN=Cc1c(N2CCN(C(=O)OC(C)(C)C)CC2)ccc(C(N)=O)c1N. The predicted molar refractivity (Wildman–Crippen MR) is 114 cm³/mol. The number of methoxy groups -OCH3 is 1. The summed E-state index contributed by atoms with van der Waals surface area (Å²) in [5.41, 5.74) is 13.2. The van der Waals surface area contributed by atoms with Gasteiger partial charge in [-0.25, -0.2) is 4.79 Å². The van der Waals surface area contributed by atoms with Crippen LogP contribution in [0.4, 0.5) is 16.2 Å². The summed E-state index contributed by atoms with van der Waals surface area (Å²) in [7, 11) is 1.60. The molecule has 1 aliphatic heterocycles. The van der Waals surface area contributed by atoms with Crippen LogP contribution in [-0.4, -0.2) is 75.2 Å². The second-order valence-electron chi connectivity index (χ2n) is 7.81. The lowest BCUT2D eigenvalue weighted by molar-refractivity contribution is 0.0240. The largest absolute Gasteiger partial charge is 0.444 e. The van der Waals surface area contributed by atoms with Crippen LogP contribution >= 0.6 is 0 Å². The molecule has 0 atom stereocenters. The van der Waals surface area contributed by atoms with Crippen molar-refractivity contribution in [2.24, 2.45) is 10.7 Å². The molecule has 29 heavy (non-hydrogen) atoms. The molecule has 1 heterocycles. The summed E-state index contributed by atoms with van der Waals surface area (Å²) in [5, 5.41) is 0. The highest BCUT2D eigenvalue weighted by molar-refractivity contribution is 6.05. The molecule has 2 rings (SSSR count). The Labute approximate surface area is 171 Å². The lowest BCUT2D eigenvalue weighted by atomic mass is 10.0. The number of nitrogens with zero attached hydrogens (tertiary/aromatic N) is 3. The second kappa shape index (κ2) is 9.60. The van der Waals surface area contributed by atoms with Gasteiger partial charge in [-0.1, -0.05) is 0 Å². The van der Waals surface area contributed by atoms with Crippen molar-refractivity contribution < 1.29 is 19.1 Å².